The molecule has 0 bridgehead atoms. The van der Waals surface area contributed by atoms with Crippen LogP contribution in [0.1, 0.15) is 44.1 Å². The van der Waals surface area contributed by atoms with E-state index in [-0.39, 0.29) is 11.9 Å². The number of hydrogen-bond donors (Lipinski definition) is 0. The molecule has 0 aromatic heterocycles. The molecule has 0 radical (unpaired) electrons. The van der Waals surface area contributed by atoms with Crippen molar-refractivity contribution in [3.8, 4) is 5.75 Å². The van der Waals surface area contributed by atoms with Gasteiger partial charge in [0.2, 0.25) is 0 Å². The third kappa shape index (κ3) is 4.57. The molecule has 1 aliphatic rings. The van der Waals surface area contributed by atoms with Crippen LogP contribution in [-0.2, 0) is 16.0 Å². The van der Waals surface area contributed by atoms with Crippen molar-refractivity contribution < 1.29 is 14.3 Å². The topological polar surface area (TPSA) is 35.5 Å². The summed E-state index contributed by atoms with van der Waals surface area (Å²) in [6.07, 6.45) is 7.15. The van der Waals surface area contributed by atoms with Crippen LogP contribution >= 0.6 is 0 Å². The zero-order valence-electron chi connectivity index (χ0n) is 13.1. The van der Waals surface area contributed by atoms with Gasteiger partial charge in [-0.15, -0.1) is 0 Å². The molecule has 1 fully saturated rings. The van der Waals surface area contributed by atoms with Crippen LogP contribution in [0.2, 0.25) is 0 Å². The minimum atomic E-state index is -0.205. The summed E-state index contributed by atoms with van der Waals surface area (Å²) >= 11 is 0. The number of Topliss-reactive ketones (excluding diaryl/α,β-unsaturated/α-hetero) is 1. The molecule has 0 spiro atoms. The van der Waals surface area contributed by atoms with E-state index in [1.807, 2.05) is 24.3 Å². The van der Waals surface area contributed by atoms with Crippen LogP contribution in [0.3, 0.4) is 0 Å². The minimum absolute atomic E-state index is 0.205. The summed E-state index contributed by atoms with van der Waals surface area (Å²) in [5.41, 5.74) is 1.17. The summed E-state index contributed by atoms with van der Waals surface area (Å²) in [6, 6.07) is 7.92. The second-order valence-corrected chi connectivity index (χ2v) is 5.87. The lowest BCUT2D eigenvalue weighted by atomic mass is 9.83. The highest BCUT2D eigenvalue weighted by Gasteiger charge is 2.28. The number of benzene rings is 1. The summed E-state index contributed by atoms with van der Waals surface area (Å²) < 4.78 is 10.6. The highest BCUT2D eigenvalue weighted by atomic mass is 16.5. The number of aryl methyl sites for hydroxylation is 1. The lowest BCUT2D eigenvalue weighted by Gasteiger charge is -2.28. The van der Waals surface area contributed by atoms with Gasteiger partial charge in [-0.05, 0) is 42.9 Å². The quantitative estimate of drug-likeness (QED) is 0.766. The van der Waals surface area contributed by atoms with Crippen LogP contribution in [0.15, 0.2) is 24.3 Å². The van der Waals surface area contributed by atoms with Crippen molar-refractivity contribution in [1.29, 1.82) is 0 Å². The second kappa shape index (κ2) is 8.18. The van der Waals surface area contributed by atoms with E-state index < -0.39 is 0 Å². The van der Waals surface area contributed by atoms with Crippen molar-refractivity contribution in [3.63, 3.8) is 0 Å². The van der Waals surface area contributed by atoms with Gasteiger partial charge in [-0.3, -0.25) is 4.79 Å². The van der Waals surface area contributed by atoms with Gasteiger partial charge in [-0.2, -0.15) is 0 Å². The fourth-order valence-electron chi connectivity index (χ4n) is 3.23. The molecule has 0 heterocycles. The molecule has 1 aliphatic carbocycles. The van der Waals surface area contributed by atoms with Crippen molar-refractivity contribution in [2.24, 2.45) is 5.92 Å². The summed E-state index contributed by atoms with van der Waals surface area (Å²) in [7, 11) is 3.33. The van der Waals surface area contributed by atoms with E-state index in [0.717, 1.165) is 25.0 Å². The Morgan fingerprint density at radius 2 is 1.81 bits per heavy atom. The number of hydrogen-bond acceptors (Lipinski definition) is 3. The maximum Gasteiger partial charge on any atom is 0.162 e. The zero-order chi connectivity index (χ0) is 15.1. The first-order valence-electron chi connectivity index (χ1n) is 7.93. The standard InChI is InChI=1S/C18H26O3/c1-20-16-11-8-14(9-12-16)10-13-17(19)18(21-2)15-6-4-3-5-7-15/h8-9,11-12,15,18H,3-7,10,13H2,1-2H3. The smallest absolute Gasteiger partial charge is 0.162 e. The monoisotopic (exact) mass is 290 g/mol. The van der Waals surface area contributed by atoms with E-state index in [1.165, 1.54) is 24.8 Å². The van der Waals surface area contributed by atoms with Crippen molar-refractivity contribution in [3.05, 3.63) is 29.8 Å². The number of rotatable bonds is 7. The van der Waals surface area contributed by atoms with E-state index >= 15 is 0 Å². The van der Waals surface area contributed by atoms with E-state index in [0.29, 0.717) is 12.3 Å². The Balaban J connectivity index is 1.86. The fraction of sp³-hybridized carbons (Fsp3) is 0.611. The minimum Gasteiger partial charge on any atom is -0.497 e. The first-order chi connectivity index (χ1) is 10.2. The normalized spacial score (nSPS) is 17.4. The van der Waals surface area contributed by atoms with Crippen molar-refractivity contribution >= 4 is 5.78 Å². The molecule has 0 N–H and O–H groups in total. The molecular weight excluding hydrogens is 264 g/mol. The van der Waals surface area contributed by atoms with Gasteiger partial charge in [-0.25, -0.2) is 0 Å². The first kappa shape index (κ1) is 16.0. The van der Waals surface area contributed by atoms with Gasteiger partial charge in [0.25, 0.3) is 0 Å². The number of carbonyl (C=O) groups is 1. The maximum absolute atomic E-state index is 12.4. The van der Waals surface area contributed by atoms with E-state index in [2.05, 4.69) is 0 Å². The molecule has 1 unspecified atom stereocenters. The van der Waals surface area contributed by atoms with Crippen LogP contribution in [0.4, 0.5) is 0 Å². The van der Waals surface area contributed by atoms with Gasteiger partial charge < -0.3 is 9.47 Å². The summed E-state index contributed by atoms with van der Waals surface area (Å²) in [5, 5.41) is 0. The Morgan fingerprint density at radius 1 is 1.14 bits per heavy atom. The average molecular weight is 290 g/mol. The largest absolute Gasteiger partial charge is 0.497 e. The molecule has 116 valence electrons. The highest BCUT2D eigenvalue weighted by molar-refractivity contribution is 5.83. The Bertz CT molecular complexity index is 432. The Morgan fingerprint density at radius 3 is 2.38 bits per heavy atom. The molecule has 3 heteroatoms. The Hall–Kier alpha value is -1.35. The lowest BCUT2D eigenvalue weighted by molar-refractivity contribution is -0.132. The number of ketones is 1. The number of methoxy groups -OCH3 is 2. The van der Waals surface area contributed by atoms with Gasteiger partial charge in [0.1, 0.15) is 11.9 Å². The number of ether oxygens (including phenoxy) is 2. The Kier molecular flexibility index (Phi) is 6.24. The predicted octanol–water partition coefficient (Wildman–Crippen LogP) is 3.79. The summed E-state index contributed by atoms with van der Waals surface area (Å²) in [6.45, 7) is 0. The van der Waals surface area contributed by atoms with Crippen LogP contribution in [0, 0.1) is 5.92 Å². The van der Waals surface area contributed by atoms with Crippen molar-refractivity contribution in [2.45, 2.75) is 51.0 Å². The Labute approximate surface area is 127 Å². The predicted molar refractivity (Wildman–Crippen MR) is 83.7 cm³/mol. The van der Waals surface area contributed by atoms with Crippen LogP contribution in [0.25, 0.3) is 0 Å². The SMILES string of the molecule is COc1ccc(CCC(=O)C(OC)C2CCCCC2)cc1. The molecule has 1 atom stereocenters. The number of carbonyl (C=O) groups excluding carboxylic acids is 1. The van der Waals surface area contributed by atoms with Gasteiger partial charge in [0, 0.05) is 13.5 Å². The van der Waals surface area contributed by atoms with Gasteiger partial charge in [-0.1, -0.05) is 31.4 Å². The van der Waals surface area contributed by atoms with Crippen LogP contribution in [-0.4, -0.2) is 26.1 Å². The van der Waals surface area contributed by atoms with E-state index in [9.17, 15) is 4.79 Å². The molecule has 0 saturated heterocycles. The van der Waals surface area contributed by atoms with Crippen LogP contribution < -0.4 is 4.74 Å². The van der Waals surface area contributed by atoms with E-state index in [1.54, 1.807) is 14.2 Å². The molecular formula is C18H26O3. The fourth-order valence-corrected chi connectivity index (χ4v) is 3.23. The molecule has 0 aliphatic heterocycles. The zero-order valence-corrected chi connectivity index (χ0v) is 13.1. The molecule has 0 amide bonds. The second-order valence-electron chi connectivity index (χ2n) is 5.87. The molecule has 21 heavy (non-hydrogen) atoms. The van der Waals surface area contributed by atoms with Crippen LogP contribution in [0.5, 0.6) is 5.75 Å². The van der Waals surface area contributed by atoms with Gasteiger partial charge in [0.05, 0.1) is 7.11 Å². The van der Waals surface area contributed by atoms with Gasteiger partial charge >= 0.3 is 0 Å². The lowest BCUT2D eigenvalue weighted by Crippen LogP contribution is -2.33. The molecule has 2 rings (SSSR count). The third-order valence-corrected chi connectivity index (χ3v) is 4.47. The van der Waals surface area contributed by atoms with Gasteiger partial charge in [0.15, 0.2) is 5.78 Å². The maximum atomic E-state index is 12.4. The molecule has 1 aromatic rings. The van der Waals surface area contributed by atoms with Crippen molar-refractivity contribution in [1.82, 2.24) is 0 Å². The highest BCUT2D eigenvalue weighted by Crippen LogP contribution is 2.29. The molecule has 1 aromatic carbocycles. The summed E-state index contributed by atoms with van der Waals surface area (Å²) in [4.78, 5) is 12.4. The molecule has 1 saturated carbocycles. The first-order valence-corrected chi connectivity index (χ1v) is 7.93. The molecule has 3 nitrogen and oxygen atoms in total. The van der Waals surface area contributed by atoms with E-state index in [4.69, 9.17) is 9.47 Å². The summed E-state index contributed by atoms with van der Waals surface area (Å²) in [5.74, 6) is 1.52. The third-order valence-electron chi connectivity index (χ3n) is 4.47. The average Bonchev–Trinajstić information content (AvgIpc) is 2.55. The van der Waals surface area contributed by atoms with Crippen molar-refractivity contribution in [2.75, 3.05) is 14.2 Å².